The zero-order valence-electron chi connectivity index (χ0n) is 9.75. The number of nitrogens with one attached hydrogen (secondary N) is 1. The summed E-state index contributed by atoms with van der Waals surface area (Å²) in [6.07, 6.45) is 0. The molecule has 19 heavy (non-hydrogen) atoms. The summed E-state index contributed by atoms with van der Waals surface area (Å²) < 4.78 is 26.9. The molecule has 0 aliphatic rings. The second-order valence-corrected chi connectivity index (χ2v) is 4.30. The van der Waals surface area contributed by atoms with Crippen molar-refractivity contribution in [1.29, 1.82) is 5.26 Å². The van der Waals surface area contributed by atoms with E-state index in [0.717, 1.165) is 0 Å². The van der Waals surface area contributed by atoms with Crippen LogP contribution in [-0.4, -0.2) is 0 Å². The molecular weight excluding hydrogens is 270 g/mol. The molecule has 0 heterocycles. The third-order valence-corrected chi connectivity index (χ3v) is 2.84. The van der Waals surface area contributed by atoms with E-state index in [-0.39, 0.29) is 12.1 Å². The fourth-order valence-corrected chi connectivity index (χ4v) is 1.80. The van der Waals surface area contributed by atoms with Crippen molar-refractivity contribution in [3.05, 3.63) is 64.2 Å². The second kappa shape index (κ2) is 5.68. The van der Waals surface area contributed by atoms with E-state index in [1.807, 2.05) is 0 Å². The summed E-state index contributed by atoms with van der Waals surface area (Å²) in [6, 6.07) is 10.3. The predicted octanol–water partition coefficient (Wildman–Crippen LogP) is 4.10. The first-order chi connectivity index (χ1) is 9.11. The van der Waals surface area contributed by atoms with Crippen LogP contribution < -0.4 is 5.32 Å². The maximum absolute atomic E-state index is 13.6. The molecule has 0 aromatic heterocycles. The lowest BCUT2D eigenvalue weighted by atomic mass is 10.1. The first-order valence-corrected chi connectivity index (χ1v) is 5.86. The maximum Gasteiger partial charge on any atom is 0.143 e. The number of hydrogen-bond acceptors (Lipinski definition) is 2. The Balaban J connectivity index is 2.20. The Morgan fingerprint density at radius 3 is 2.63 bits per heavy atom. The quantitative estimate of drug-likeness (QED) is 0.917. The van der Waals surface area contributed by atoms with E-state index >= 15 is 0 Å². The molecule has 2 aromatic carbocycles. The number of nitrogens with zero attached hydrogens (tertiary/aromatic N) is 1. The molecule has 96 valence electrons. The molecule has 5 heteroatoms. The highest BCUT2D eigenvalue weighted by atomic mass is 35.5. The highest BCUT2D eigenvalue weighted by Gasteiger charge is 2.08. The molecule has 0 atom stereocenters. The summed E-state index contributed by atoms with van der Waals surface area (Å²) in [7, 11) is 0. The van der Waals surface area contributed by atoms with Gasteiger partial charge in [-0.05, 0) is 24.3 Å². The van der Waals surface area contributed by atoms with Crippen LogP contribution >= 0.6 is 11.6 Å². The number of nitriles is 1. The van der Waals surface area contributed by atoms with Gasteiger partial charge >= 0.3 is 0 Å². The third-order valence-electron chi connectivity index (χ3n) is 2.61. The summed E-state index contributed by atoms with van der Waals surface area (Å²) in [4.78, 5) is 0. The van der Waals surface area contributed by atoms with Crippen LogP contribution in [-0.2, 0) is 6.54 Å². The molecule has 0 amide bonds. The number of halogens is 3. The van der Waals surface area contributed by atoms with Crippen LogP contribution in [0.5, 0.6) is 0 Å². The fourth-order valence-electron chi connectivity index (χ4n) is 1.64. The van der Waals surface area contributed by atoms with Gasteiger partial charge in [0.1, 0.15) is 23.3 Å². The summed E-state index contributed by atoms with van der Waals surface area (Å²) in [5.41, 5.74) is 0.631. The largest absolute Gasteiger partial charge is 0.380 e. The van der Waals surface area contributed by atoms with Gasteiger partial charge in [-0.25, -0.2) is 8.78 Å². The summed E-state index contributed by atoms with van der Waals surface area (Å²) >= 11 is 5.65. The summed E-state index contributed by atoms with van der Waals surface area (Å²) in [5.74, 6) is -1.06. The molecule has 2 rings (SSSR count). The number of benzene rings is 2. The molecule has 0 aliphatic heterocycles. The Labute approximate surface area is 114 Å². The van der Waals surface area contributed by atoms with Crippen molar-refractivity contribution in [2.45, 2.75) is 6.54 Å². The molecule has 2 aromatic rings. The van der Waals surface area contributed by atoms with Crippen LogP contribution in [0, 0.1) is 23.0 Å². The Bertz CT molecular complexity index is 650. The van der Waals surface area contributed by atoms with Gasteiger partial charge < -0.3 is 5.32 Å². The van der Waals surface area contributed by atoms with Crippen molar-refractivity contribution in [3.8, 4) is 6.07 Å². The smallest absolute Gasteiger partial charge is 0.143 e. The van der Waals surface area contributed by atoms with Gasteiger partial charge in [0, 0.05) is 17.1 Å². The average molecular weight is 279 g/mol. The van der Waals surface area contributed by atoms with E-state index < -0.39 is 11.6 Å². The van der Waals surface area contributed by atoms with E-state index in [9.17, 15) is 8.78 Å². The van der Waals surface area contributed by atoms with E-state index in [2.05, 4.69) is 5.32 Å². The zero-order chi connectivity index (χ0) is 13.8. The molecule has 0 saturated carbocycles. The van der Waals surface area contributed by atoms with Gasteiger partial charge in [-0.3, -0.25) is 0 Å². The molecule has 1 N–H and O–H groups in total. The first kappa shape index (κ1) is 13.3. The van der Waals surface area contributed by atoms with Gasteiger partial charge in [0.25, 0.3) is 0 Å². The number of anilines is 1. The lowest BCUT2D eigenvalue weighted by molar-refractivity contribution is 0.612. The van der Waals surface area contributed by atoms with Gasteiger partial charge in [0.05, 0.1) is 5.69 Å². The third kappa shape index (κ3) is 3.01. The Morgan fingerprint density at radius 2 is 1.95 bits per heavy atom. The highest BCUT2D eigenvalue weighted by molar-refractivity contribution is 6.30. The van der Waals surface area contributed by atoms with Gasteiger partial charge in [0.2, 0.25) is 0 Å². The van der Waals surface area contributed by atoms with Crippen LogP contribution in [0.4, 0.5) is 14.5 Å². The average Bonchev–Trinajstić information content (AvgIpc) is 2.38. The Hall–Kier alpha value is -2.12. The van der Waals surface area contributed by atoms with Crippen molar-refractivity contribution >= 4 is 17.3 Å². The first-order valence-electron chi connectivity index (χ1n) is 5.48. The maximum atomic E-state index is 13.6. The van der Waals surface area contributed by atoms with E-state index in [1.54, 1.807) is 18.2 Å². The molecule has 2 nitrogen and oxygen atoms in total. The van der Waals surface area contributed by atoms with Crippen molar-refractivity contribution < 1.29 is 8.78 Å². The van der Waals surface area contributed by atoms with Crippen LogP contribution in [0.25, 0.3) is 0 Å². The molecule has 0 spiro atoms. The Morgan fingerprint density at radius 1 is 1.16 bits per heavy atom. The monoisotopic (exact) mass is 278 g/mol. The predicted molar refractivity (Wildman–Crippen MR) is 69.9 cm³/mol. The summed E-state index contributed by atoms with van der Waals surface area (Å²) in [6.45, 7) is 0.140. The topological polar surface area (TPSA) is 35.8 Å². The van der Waals surface area contributed by atoms with Gasteiger partial charge in [-0.15, -0.1) is 0 Å². The molecule has 0 bridgehead atoms. The van der Waals surface area contributed by atoms with Crippen molar-refractivity contribution in [1.82, 2.24) is 0 Å². The molecule has 0 fully saturated rings. The van der Waals surface area contributed by atoms with Crippen molar-refractivity contribution in [2.24, 2.45) is 0 Å². The lowest BCUT2D eigenvalue weighted by Gasteiger charge is -2.09. The van der Waals surface area contributed by atoms with Crippen LogP contribution in [0.2, 0.25) is 5.02 Å². The SMILES string of the molecule is N#Cc1c(F)cccc1NCc1ccc(Cl)cc1F. The number of hydrogen-bond donors (Lipinski definition) is 1. The van der Waals surface area contributed by atoms with E-state index in [0.29, 0.717) is 16.3 Å². The van der Waals surface area contributed by atoms with E-state index in [4.69, 9.17) is 16.9 Å². The van der Waals surface area contributed by atoms with Gasteiger partial charge in [-0.1, -0.05) is 23.7 Å². The van der Waals surface area contributed by atoms with Gasteiger partial charge in [-0.2, -0.15) is 5.26 Å². The Kier molecular flexibility index (Phi) is 3.98. The van der Waals surface area contributed by atoms with Crippen LogP contribution in [0.3, 0.4) is 0 Å². The normalized spacial score (nSPS) is 10.0. The van der Waals surface area contributed by atoms with E-state index in [1.165, 1.54) is 24.3 Å². The van der Waals surface area contributed by atoms with Crippen molar-refractivity contribution in [2.75, 3.05) is 5.32 Å². The minimum absolute atomic E-state index is 0.0862. The highest BCUT2D eigenvalue weighted by Crippen LogP contribution is 2.20. The minimum atomic E-state index is -0.607. The zero-order valence-corrected chi connectivity index (χ0v) is 10.5. The molecular formula is C14H9ClF2N2. The van der Waals surface area contributed by atoms with Crippen LogP contribution in [0.1, 0.15) is 11.1 Å². The molecule has 0 saturated heterocycles. The molecule has 0 radical (unpaired) electrons. The van der Waals surface area contributed by atoms with Crippen molar-refractivity contribution in [3.63, 3.8) is 0 Å². The minimum Gasteiger partial charge on any atom is -0.380 e. The van der Waals surface area contributed by atoms with Crippen LogP contribution in [0.15, 0.2) is 36.4 Å². The number of rotatable bonds is 3. The second-order valence-electron chi connectivity index (χ2n) is 3.86. The summed E-state index contributed by atoms with van der Waals surface area (Å²) in [5, 5.41) is 12.0. The standard InChI is InChI=1S/C14H9ClF2N2/c15-10-5-4-9(13(17)6-10)8-19-14-3-1-2-12(16)11(14)7-18/h1-6,19H,8H2. The lowest BCUT2D eigenvalue weighted by Crippen LogP contribution is -2.04. The van der Waals surface area contributed by atoms with Gasteiger partial charge in [0.15, 0.2) is 0 Å². The fraction of sp³-hybridized carbons (Fsp3) is 0.0714. The molecule has 0 unspecified atom stereocenters. The molecule has 0 aliphatic carbocycles.